The van der Waals surface area contributed by atoms with Crippen molar-refractivity contribution in [3.8, 4) is 0 Å². The lowest BCUT2D eigenvalue weighted by atomic mass is 9.95. The molecule has 152 valence electrons. The molecule has 6 nitrogen and oxygen atoms in total. The normalized spacial score (nSPS) is 25.6. The standard InChI is InChI=1S/C21H35N3O3/c1-17(20(25)22-10-9-18-6-3-2-4-7-18)24-11-5-8-19(16-24)21(26)23-12-14-27-15-13-23/h6,17,19H,2-5,7-16H2,1H3,(H,22,25). The lowest BCUT2D eigenvalue weighted by Crippen LogP contribution is -2.53. The molecule has 0 saturated carbocycles. The Bertz CT molecular complexity index is 543. The highest BCUT2D eigenvalue weighted by molar-refractivity contribution is 5.82. The summed E-state index contributed by atoms with van der Waals surface area (Å²) in [6.07, 6.45) is 10.2. The summed E-state index contributed by atoms with van der Waals surface area (Å²) >= 11 is 0. The Morgan fingerprint density at radius 2 is 2.04 bits per heavy atom. The first kappa shape index (κ1) is 20.3. The Labute approximate surface area is 163 Å². The van der Waals surface area contributed by atoms with Crippen LogP contribution >= 0.6 is 0 Å². The molecule has 0 aromatic heterocycles. The number of carbonyl (C=O) groups is 2. The first-order chi connectivity index (χ1) is 13.1. The topological polar surface area (TPSA) is 61.9 Å². The lowest BCUT2D eigenvalue weighted by molar-refractivity contribution is -0.142. The molecule has 2 aliphatic heterocycles. The van der Waals surface area contributed by atoms with Gasteiger partial charge in [-0.3, -0.25) is 14.5 Å². The molecule has 27 heavy (non-hydrogen) atoms. The molecule has 0 spiro atoms. The summed E-state index contributed by atoms with van der Waals surface area (Å²) in [7, 11) is 0. The van der Waals surface area contributed by atoms with Crippen LogP contribution in [-0.2, 0) is 14.3 Å². The van der Waals surface area contributed by atoms with Gasteiger partial charge < -0.3 is 15.0 Å². The highest BCUT2D eigenvalue weighted by Crippen LogP contribution is 2.22. The number of allylic oxidation sites excluding steroid dienone is 1. The van der Waals surface area contributed by atoms with Crippen molar-refractivity contribution in [2.24, 2.45) is 5.92 Å². The molecular formula is C21H35N3O3. The second-order valence-corrected chi connectivity index (χ2v) is 8.10. The Kier molecular flexibility index (Phi) is 7.70. The van der Waals surface area contributed by atoms with Gasteiger partial charge in [0.2, 0.25) is 11.8 Å². The van der Waals surface area contributed by atoms with E-state index in [1.54, 1.807) is 0 Å². The quantitative estimate of drug-likeness (QED) is 0.719. The number of piperidine rings is 1. The Morgan fingerprint density at radius 3 is 2.78 bits per heavy atom. The molecule has 1 N–H and O–H groups in total. The molecule has 3 rings (SSSR count). The molecule has 2 saturated heterocycles. The van der Waals surface area contributed by atoms with Crippen LogP contribution in [0.1, 0.15) is 51.9 Å². The number of nitrogens with zero attached hydrogens (tertiary/aromatic N) is 2. The van der Waals surface area contributed by atoms with Crippen molar-refractivity contribution in [1.82, 2.24) is 15.1 Å². The van der Waals surface area contributed by atoms with E-state index in [4.69, 9.17) is 4.74 Å². The summed E-state index contributed by atoms with van der Waals surface area (Å²) in [5.74, 6) is 0.338. The summed E-state index contributed by atoms with van der Waals surface area (Å²) in [5.41, 5.74) is 1.49. The van der Waals surface area contributed by atoms with Gasteiger partial charge in [-0.05, 0) is 58.4 Å². The van der Waals surface area contributed by atoms with Crippen molar-refractivity contribution in [2.45, 2.75) is 57.9 Å². The number of hydrogen-bond acceptors (Lipinski definition) is 4. The number of hydrogen-bond donors (Lipinski definition) is 1. The van der Waals surface area contributed by atoms with Gasteiger partial charge in [0, 0.05) is 26.2 Å². The molecule has 2 fully saturated rings. The summed E-state index contributed by atoms with van der Waals surface area (Å²) in [6, 6.07) is -0.175. The zero-order chi connectivity index (χ0) is 19.1. The van der Waals surface area contributed by atoms with E-state index < -0.39 is 0 Å². The molecule has 0 bridgehead atoms. The van der Waals surface area contributed by atoms with Crippen molar-refractivity contribution in [3.63, 3.8) is 0 Å². The van der Waals surface area contributed by atoms with Crippen LogP contribution in [-0.4, -0.2) is 73.6 Å². The van der Waals surface area contributed by atoms with E-state index in [0.29, 0.717) is 32.8 Å². The molecule has 0 aromatic rings. The van der Waals surface area contributed by atoms with E-state index in [0.717, 1.165) is 32.4 Å². The third-order valence-electron chi connectivity index (χ3n) is 6.18. The highest BCUT2D eigenvalue weighted by atomic mass is 16.5. The maximum atomic E-state index is 12.8. The van der Waals surface area contributed by atoms with Crippen molar-refractivity contribution >= 4 is 11.8 Å². The zero-order valence-corrected chi connectivity index (χ0v) is 16.8. The summed E-state index contributed by atoms with van der Waals surface area (Å²) < 4.78 is 5.35. The number of carbonyl (C=O) groups excluding carboxylic acids is 2. The number of likely N-dealkylation sites (tertiary alicyclic amines) is 1. The van der Waals surface area contributed by atoms with Gasteiger partial charge in [-0.25, -0.2) is 0 Å². The summed E-state index contributed by atoms with van der Waals surface area (Å²) in [4.78, 5) is 29.5. The molecular weight excluding hydrogens is 342 g/mol. The predicted octanol–water partition coefficient (Wildman–Crippen LogP) is 1.95. The number of amides is 2. The molecule has 6 heteroatoms. The van der Waals surface area contributed by atoms with Crippen LogP contribution in [0.25, 0.3) is 0 Å². The minimum absolute atomic E-state index is 0.0134. The summed E-state index contributed by atoms with van der Waals surface area (Å²) in [5, 5.41) is 3.10. The molecule has 3 aliphatic rings. The predicted molar refractivity (Wildman–Crippen MR) is 105 cm³/mol. The van der Waals surface area contributed by atoms with Crippen LogP contribution in [0.3, 0.4) is 0 Å². The van der Waals surface area contributed by atoms with Crippen LogP contribution in [0, 0.1) is 5.92 Å². The second kappa shape index (κ2) is 10.2. The van der Waals surface area contributed by atoms with Gasteiger partial charge >= 0.3 is 0 Å². The van der Waals surface area contributed by atoms with E-state index in [1.165, 1.54) is 31.3 Å². The van der Waals surface area contributed by atoms with E-state index in [9.17, 15) is 9.59 Å². The number of ether oxygens (including phenoxy) is 1. The molecule has 0 aromatic carbocycles. The van der Waals surface area contributed by atoms with Crippen LogP contribution in [0.5, 0.6) is 0 Å². The van der Waals surface area contributed by atoms with Gasteiger partial charge in [0.25, 0.3) is 0 Å². The first-order valence-corrected chi connectivity index (χ1v) is 10.7. The minimum Gasteiger partial charge on any atom is -0.378 e. The molecule has 2 unspecified atom stereocenters. The minimum atomic E-state index is -0.175. The Hall–Kier alpha value is -1.40. The van der Waals surface area contributed by atoms with Crippen LogP contribution < -0.4 is 5.32 Å². The fourth-order valence-corrected chi connectivity index (χ4v) is 4.39. The molecule has 2 heterocycles. The van der Waals surface area contributed by atoms with Gasteiger partial charge in [0.15, 0.2) is 0 Å². The molecule has 2 amide bonds. The van der Waals surface area contributed by atoms with E-state index >= 15 is 0 Å². The van der Waals surface area contributed by atoms with E-state index in [-0.39, 0.29) is 23.8 Å². The largest absolute Gasteiger partial charge is 0.378 e. The van der Waals surface area contributed by atoms with Gasteiger partial charge in [-0.1, -0.05) is 11.6 Å². The third-order valence-corrected chi connectivity index (χ3v) is 6.18. The smallest absolute Gasteiger partial charge is 0.237 e. The average molecular weight is 378 g/mol. The fourth-order valence-electron chi connectivity index (χ4n) is 4.39. The van der Waals surface area contributed by atoms with Crippen LogP contribution in [0.15, 0.2) is 11.6 Å². The number of nitrogens with one attached hydrogen (secondary N) is 1. The average Bonchev–Trinajstić information content (AvgIpc) is 2.74. The van der Waals surface area contributed by atoms with Gasteiger partial charge in [0.1, 0.15) is 0 Å². The van der Waals surface area contributed by atoms with Crippen LogP contribution in [0.2, 0.25) is 0 Å². The van der Waals surface area contributed by atoms with Crippen molar-refractivity contribution in [1.29, 1.82) is 0 Å². The zero-order valence-electron chi connectivity index (χ0n) is 16.8. The summed E-state index contributed by atoms with van der Waals surface area (Å²) in [6.45, 7) is 6.94. The first-order valence-electron chi connectivity index (χ1n) is 10.7. The Morgan fingerprint density at radius 1 is 1.22 bits per heavy atom. The van der Waals surface area contributed by atoms with Crippen molar-refractivity contribution in [2.75, 3.05) is 45.9 Å². The van der Waals surface area contributed by atoms with Crippen LogP contribution in [0.4, 0.5) is 0 Å². The molecule has 2 atom stereocenters. The third kappa shape index (κ3) is 5.79. The number of rotatable bonds is 6. The lowest BCUT2D eigenvalue weighted by Gasteiger charge is -2.38. The van der Waals surface area contributed by atoms with Gasteiger partial charge in [-0.15, -0.1) is 0 Å². The van der Waals surface area contributed by atoms with E-state index in [1.807, 2.05) is 11.8 Å². The maximum Gasteiger partial charge on any atom is 0.237 e. The molecule has 0 radical (unpaired) electrons. The number of morpholine rings is 1. The van der Waals surface area contributed by atoms with Gasteiger partial charge in [0.05, 0.1) is 25.2 Å². The van der Waals surface area contributed by atoms with Crippen molar-refractivity contribution in [3.05, 3.63) is 11.6 Å². The second-order valence-electron chi connectivity index (χ2n) is 8.10. The van der Waals surface area contributed by atoms with E-state index in [2.05, 4.69) is 16.3 Å². The highest BCUT2D eigenvalue weighted by Gasteiger charge is 2.33. The Balaban J connectivity index is 1.44. The monoisotopic (exact) mass is 377 g/mol. The van der Waals surface area contributed by atoms with Crippen molar-refractivity contribution < 1.29 is 14.3 Å². The SMILES string of the molecule is CC(C(=O)NCCC1=CCCCC1)N1CCCC(C(=O)N2CCOCC2)C1. The molecule has 1 aliphatic carbocycles. The van der Waals surface area contributed by atoms with Gasteiger partial charge in [-0.2, -0.15) is 0 Å². The fraction of sp³-hybridized carbons (Fsp3) is 0.810. The maximum absolute atomic E-state index is 12.8.